The number of aliphatic hydroxyl groups excluding tert-OH is 1. The van der Waals surface area contributed by atoms with Crippen molar-refractivity contribution >= 4 is 0 Å². The molecule has 0 aliphatic carbocycles. The van der Waals surface area contributed by atoms with Crippen molar-refractivity contribution in [3.63, 3.8) is 0 Å². The molecule has 1 heterocycles. The number of aliphatic hydroxyl groups is 1. The summed E-state index contributed by atoms with van der Waals surface area (Å²) in [7, 11) is 2.21. The molecule has 2 atom stereocenters. The molecule has 0 bridgehead atoms. The fraction of sp³-hybridized carbons (Fsp3) is 0.647. The fourth-order valence-electron chi connectivity index (χ4n) is 2.96. The summed E-state index contributed by atoms with van der Waals surface area (Å²) >= 11 is 0. The summed E-state index contributed by atoms with van der Waals surface area (Å²) < 4.78 is 0. The van der Waals surface area contributed by atoms with Crippen LogP contribution in [0.2, 0.25) is 0 Å². The molecule has 0 saturated carbocycles. The van der Waals surface area contributed by atoms with Crippen LogP contribution in [0.5, 0.6) is 0 Å². The molecule has 0 radical (unpaired) electrons. The van der Waals surface area contributed by atoms with Gasteiger partial charge in [0.25, 0.3) is 0 Å². The Kier molecular flexibility index (Phi) is 6.51. The van der Waals surface area contributed by atoms with Crippen molar-refractivity contribution < 1.29 is 5.11 Å². The normalized spacial score (nSPS) is 21.2. The van der Waals surface area contributed by atoms with Gasteiger partial charge >= 0.3 is 0 Å². The Bertz CT molecular complexity index is 369. The number of hydrogen-bond acceptors (Lipinski definition) is 3. The van der Waals surface area contributed by atoms with Gasteiger partial charge in [0.15, 0.2) is 0 Å². The van der Waals surface area contributed by atoms with Crippen molar-refractivity contribution in [1.82, 2.24) is 10.2 Å². The average molecular weight is 276 g/mol. The van der Waals surface area contributed by atoms with E-state index in [4.69, 9.17) is 0 Å². The molecule has 1 fully saturated rings. The minimum atomic E-state index is -0.239. The Labute approximate surface area is 123 Å². The number of hydrogen-bond donors (Lipinski definition) is 2. The van der Waals surface area contributed by atoms with Crippen LogP contribution in [-0.2, 0) is 6.42 Å². The lowest BCUT2D eigenvalue weighted by Crippen LogP contribution is -2.32. The standard InChI is InChI=1S/C17H28N2O/c1-19-13-5-8-16(19)11-12-18-14-17(20)10-9-15-6-3-2-4-7-15/h2-4,6-7,16-18,20H,5,8-14H2,1H3. The first kappa shape index (κ1) is 15.5. The van der Waals surface area contributed by atoms with Crippen LogP contribution in [0.4, 0.5) is 0 Å². The topological polar surface area (TPSA) is 35.5 Å². The van der Waals surface area contributed by atoms with Crippen molar-refractivity contribution in [3.05, 3.63) is 35.9 Å². The Hall–Kier alpha value is -0.900. The van der Waals surface area contributed by atoms with Gasteiger partial charge in [-0.3, -0.25) is 0 Å². The van der Waals surface area contributed by atoms with E-state index in [-0.39, 0.29) is 6.10 Å². The Morgan fingerprint density at radius 1 is 1.35 bits per heavy atom. The maximum atomic E-state index is 9.98. The largest absolute Gasteiger partial charge is 0.392 e. The summed E-state index contributed by atoms with van der Waals surface area (Å²) in [6, 6.07) is 11.1. The summed E-state index contributed by atoms with van der Waals surface area (Å²) in [5, 5.41) is 13.4. The minimum Gasteiger partial charge on any atom is -0.392 e. The zero-order chi connectivity index (χ0) is 14.2. The summed E-state index contributed by atoms with van der Waals surface area (Å²) in [4.78, 5) is 2.45. The van der Waals surface area contributed by atoms with Crippen LogP contribution in [0, 0.1) is 0 Å². The minimum absolute atomic E-state index is 0.239. The van der Waals surface area contributed by atoms with Gasteiger partial charge in [0, 0.05) is 12.6 Å². The summed E-state index contributed by atoms with van der Waals surface area (Å²) in [6.07, 6.45) is 5.41. The molecular formula is C17H28N2O. The van der Waals surface area contributed by atoms with E-state index in [2.05, 4.69) is 41.5 Å². The first-order chi connectivity index (χ1) is 9.75. The Morgan fingerprint density at radius 2 is 2.15 bits per heavy atom. The van der Waals surface area contributed by atoms with E-state index in [9.17, 15) is 5.11 Å². The highest BCUT2D eigenvalue weighted by atomic mass is 16.3. The zero-order valence-corrected chi connectivity index (χ0v) is 12.6. The van der Waals surface area contributed by atoms with Gasteiger partial charge in [-0.25, -0.2) is 0 Å². The van der Waals surface area contributed by atoms with Gasteiger partial charge in [-0.05, 0) is 57.8 Å². The van der Waals surface area contributed by atoms with E-state index in [0.29, 0.717) is 6.54 Å². The number of rotatable bonds is 8. The molecule has 0 spiro atoms. The van der Waals surface area contributed by atoms with Crippen molar-refractivity contribution in [2.75, 3.05) is 26.7 Å². The molecule has 0 aromatic heterocycles. The summed E-state index contributed by atoms with van der Waals surface area (Å²) in [6.45, 7) is 2.96. The van der Waals surface area contributed by atoms with Crippen LogP contribution in [-0.4, -0.2) is 48.8 Å². The molecule has 1 aliphatic heterocycles. The average Bonchev–Trinajstić information content (AvgIpc) is 2.88. The second-order valence-electron chi connectivity index (χ2n) is 5.95. The zero-order valence-electron chi connectivity index (χ0n) is 12.6. The van der Waals surface area contributed by atoms with Crippen LogP contribution < -0.4 is 5.32 Å². The number of nitrogens with one attached hydrogen (secondary N) is 1. The van der Waals surface area contributed by atoms with E-state index in [1.165, 1.54) is 31.4 Å². The van der Waals surface area contributed by atoms with Gasteiger partial charge in [0.2, 0.25) is 0 Å². The predicted octanol–water partition coefficient (Wildman–Crippen LogP) is 2.05. The van der Waals surface area contributed by atoms with E-state index in [1.807, 2.05) is 6.07 Å². The van der Waals surface area contributed by atoms with Crippen molar-refractivity contribution in [2.45, 2.75) is 44.2 Å². The molecular weight excluding hydrogens is 248 g/mol. The highest BCUT2D eigenvalue weighted by molar-refractivity contribution is 5.14. The van der Waals surface area contributed by atoms with Gasteiger partial charge < -0.3 is 15.3 Å². The maximum absolute atomic E-state index is 9.98. The number of likely N-dealkylation sites (tertiary alicyclic amines) is 1. The second kappa shape index (κ2) is 8.40. The third kappa shape index (κ3) is 5.23. The Morgan fingerprint density at radius 3 is 2.85 bits per heavy atom. The van der Waals surface area contributed by atoms with Crippen molar-refractivity contribution in [2.24, 2.45) is 0 Å². The van der Waals surface area contributed by atoms with Crippen LogP contribution in [0.1, 0.15) is 31.2 Å². The first-order valence-electron chi connectivity index (χ1n) is 7.88. The molecule has 1 aromatic carbocycles. The van der Waals surface area contributed by atoms with E-state index < -0.39 is 0 Å². The molecule has 1 aromatic rings. The van der Waals surface area contributed by atoms with E-state index in [1.54, 1.807) is 0 Å². The van der Waals surface area contributed by atoms with E-state index >= 15 is 0 Å². The van der Waals surface area contributed by atoms with Crippen molar-refractivity contribution in [3.8, 4) is 0 Å². The molecule has 2 N–H and O–H groups in total. The molecule has 1 saturated heterocycles. The lowest BCUT2D eigenvalue weighted by molar-refractivity contribution is 0.161. The van der Waals surface area contributed by atoms with Crippen molar-refractivity contribution in [1.29, 1.82) is 0 Å². The smallest absolute Gasteiger partial charge is 0.0667 e. The molecule has 20 heavy (non-hydrogen) atoms. The summed E-state index contributed by atoms with van der Waals surface area (Å²) in [5.41, 5.74) is 1.30. The predicted molar refractivity (Wildman–Crippen MR) is 83.9 cm³/mol. The molecule has 2 unspecified atom stereocenters. The number of nitrogens with zero attached hydrogens (tertiary/aromatic N) is 1. The monoisotopic (exact) mass is 276 g/mol. The highest BCUT2D eigenvalue weighted by Gasteiger charge is 2.19. The number of benzene rings is 1. The van der Waals surface area contributed by atoms with Crippen LogP contribution >= 0.6 is 0 Å². The van der Waals surface area contributed by atoms with Crippen LogP contribution in [0.25, 0.3) is 0 Å². The molecule has 112 valence electrons. The quantitative estimate of drug-likeness (QED) is 0.713. The third-order valence-electron chi connectivity index (χ3n) is 4.31. The molecule has 1 aliphatic rings. The second-order valence-corrected chi connectivity index (χ2v) is 5.95. The van der Waals surface area contributed by atoms with Gasteiger partial charge in [0.1, 0.15) is 0 Å². The fourth-order valence-corrected chi connectivity index (χ4v) is 2.96. The van der Waals surface area contributed by atoms with Gasteiger partial charge in [-0.15, -0.1) is 0 Å². The van der Waals surface area contributed by atoms with Crippen LogP contribution in [0.15, 0.2) is 30.3 Å². The van der Waals surface area contributed by atoms with Gasteiger partial charge in [0.05, 0.1) is 6.10 Å². The molecule has 0 amide bonds. The van der Waals surface area contributed by atoms with Gasteiger partial charge in [-0.1, -0.05) is 30.3 Å². The van der Waals surface area contributed by atoms with E-state index in [0.717, 1.165) is 25.4 Å². The lowest BCUT2D eigenvalue weighted by Gasteiger charge is -2.20. The highest BCUT2D eigenvalue weighted by Crippen LogP contribution is 2.16. The summed E-state index contributed by atoms with van der Waals surface area (Å²) in [5.74, 6) is 0. The SMILES string of the molecule is CN1CCCC1CCNCC(O)CCc1ccccc1. The first-order valence-corrected chi connectivity index (χ1v) is 7.88. The molecule has 2 rings (SSSR count). The maximum Gasteiger partial charge on any atom is 0.0667 e. The lowest BCUT2D eigenvalue weighted by atomic mass is 10.1. The van der Waals surface area contributed by atoms with Gasteiger partial charge in [-0.2, -0.15) is 0 Å². The van der Waals surface area contributed by atoms with Crippen LogP contribution in [0.3, 0.4) is 0 Å². The third-order valence-corrected chi connectivity index (χ3v) is 4.31. The molecule has 3 nitrogen and oxygen atoms in total. The number of aryl methyl sites for hydroxylation is 1. The molecule has 3 heteroatoms. The Balaban J connectivity index is 1.53.